The average molecular weight is 238 g/mol. The van der Waals surface area contributed by atoms with Crippen molar-refractivity contribution in [3.63, 3.8) is 0 Å². The number of cyclic esters (lactones) is 1. The van der Waals surface area contributed by atoms with Crippen LogP contribution in [0.15, 0.2) is 22.7 Å². The van der Waals surface area contributed by atoms with Crippen LogP contribution in [0.4, 0.5) is 0 Å². The Labute approximate surface area is 83.3 Å². The average Bonchev–Trinajstić information content (AvgIpc) is 2.43. The van der Waals surface area contributed by atoms with E-state index >= 15 is 0 Å². The number of ether oxygens (including phenoxy) is 1. The lowest BCUT2D eigenvalue weighted by Crippen LogP contribution is -1.94. The first-order chi connectivity index (χ1) is 6.22. The second-order valence-corrected chi connectivity index (χ2v) is 3.53. The fourth-order valence-corrected chi connectivity index (χ4v) is 1.61. The summed E-state index contributed by atoms with van der Waals surface area (Å²) in [5, 5.41) is 0. The van der Waals surface area contributed by atoms with E-state index in [1.54, 1.807) is 18.2 Å². The number of esters is 1. The lowest BCUT2D eigenvalue weighted by molar-refractivity contribution is 0.0463. The molecule has 0 radical (unpaired) electrons. The predicted molar refractivity (Wildman–Crippen MR) is 48.9 cm³/mol. The fraction of sp³-hybridized carbons (Fsp3) is 0.111. The Kier molecular flexibility index (Phi) is 1.82. The molecule has 0 aromatic heterocycles. The summed E-state index contributed by atoms with van der Waals surface area (Å²) in [4.78, 5) is 14.4. The van der Waals surface area contributed by atoms with E-state index in [0.29, 0.717) is 11.1 Å². The van der Waals surface area contributed by atoms with Gasteiger partial charge in [0, 0.05) is 4.47 Å². The second kappa shape index (κ2) is 2.86. The van der Waals surface area contributed by atoms with E-state index in [1.807, 2.05) is 0 Å². The Hall–Kier alpha value is -1.34. The van der Waals surface area contributed by atoms with E-state index in [0.717, 1.165) is 4.47 Å². The van der Waals surface area contributed by atoms with E-state index in [2.05, 4.69) is 20.8 Å². The second-order valence-electron chi connectivity index (χ2n) is 2.62. The molecule has 0 N–H and O–H groups in total. The largest absolute Gasteiger partial charge is 0.396 e. The first kappa shape index (κ1) is 8.27. The lowest BCUT2D eigenvalue weighted by Gasteiger charge is -1.94. The van der Waals surface area contributed by atoms with Gasteiger partial charge in [0.15, 0.2) is 0 Å². The molecule has 0 aliphatic carbocycles. The Bertz CT molecular complexity index is 422. The molecule has 64 valence electrons. The smallest absolute Gasteiger partial charge is 0.384 e. The van der Waals surface area contributed by atoms with Crippen molar-refractivity contribution in [1.29, 1.82) is 0 Å². The van der Waals surface area contributed by atoms with Crippen LogP contribution in [0.3, 0.4) is 0 Å². The van der Waals surface area contributed by atoms with Crippen molar-refractivity contribution in [1.82, 2.24) is 0 Å². The molecule has 1 heterocycles. The third-order valence-electron chi connectivity index (χ3n) is 1.84. The molecule has 1 aliphatic rings. The molecular formula is C9H4BrNO2. The van der Waals surface area contributed by atoms with Crippen molar-refractivity contribution in [2.24, 2.45) is 0 Å². The molecule has 1 aromatic carbocycles. The SMILES string of the molecule is [C-]#[N+]C1OC(=O)c2cc(Br)ccc21. The monoisotopic (exact) mass is 237 g/mol. The maximum atomic E-state index is 11.2. The van der Waals surface area contributed by atoms with Crippen molar-refractivity contribution in [3.05, 3.63) is 45.2 Å². The van der Waals surface area contributed by atoms with Gasteiger partial charge in [-0.05, 0) is 18.2 Å². The maximum Gasteiger partial charge on any atom is 0.396 e. The number of hydrogen-bond donors (Lipinski definition) is 0. The van der Waals surface area contributed by atoms with Gasteiger partial charge in [-0.3, -0.25) is 4.85 Å². The van der Waals surface area contributed by atoms with Gasteiger partial charge in [-0.1, -0.05) is 15.9 Å². The molecule has 13 heavy (non-hydrogen) atoms. The maximum absolute atomic E-state index is 11.2. The highest BCUT2D eigenvalue weighted by atomic mass is 79.9. The van der Waals surface area contributed by atoms with E-state index in [4.69, 9.17) is 11.3 Å². The zero-order valence-electron chi connectivity index (χ0n) is 6.45. The van der Waals surface area contributed by atoms with E-state index in [1.165, 1.54) is 0 Å². The van der Waals surface area contributed by atoms with E-state index in [-0.39, 0.29) is 0 Å². The fourth-order valence-electron chi connectivity index (χ4n) is 1.24. The summed E-state index contributed by atoms with van der Waals surface area (Å²) in [6.07, 6.45) is -0.754. The third-order valence-corrected chi connectivity index (χ3v) is 2.33. The van der Waals surface area contributed by atoms with Crippen LogP contribution in [-0.2, 0) is 4.74 Å². The van der Waals surface area contributed by atoms with Crippen LogP contribution in [-0.4, -0.2) is 5.97 Å². The quantitative estimate of drug-likeness (QED) is 0.513. The van der Waals surface area contributed by atoms with Crippen LogP contribution >= 0.6 is 15.9 Å². The zero-order valence-corrected chi connectivity index (χ0v) is 8.04. The molecule has 3 nitrogen and oxygen atoms in total. The van der Waals surface area contributed by atoms with Crippen molar-refractivity contribution in [2.75, 3.05) is 0 Å². The molecular weight excluding hydrogens is 234 g/mol. The van der Waals surface area contributed by atoms with Crippen molar-refractivity contribution < 1.29 is 9.53 Å². The number of fused-ring (bicyclic) bond motifs is 1. The van der Waals surface area contributed by atoms with Crippen LogP contribution in [0.1, 0.15) is 22.1 Å². The number of carbonyl (C=O) groups is 1. The summed E-state index contributed by atoms with van der Waals surface area (Å²) in [7, 11) is 0. The van der Waals surface area contributed by atoms with Crippen molar-refractivity contribution in [3.8, 4) is 0 Å². The van der Waals surface area contributed by atoms with Gasteiger partial charge >= 0.3 is 12.2 Å². The molecule has 4 heteroatoms. The van der Waals surface area contributed by atoms with Crippen molar-refractivity contribution >= 4 is 21.9 Å². The molecule has 0 spiro atoms. The molecule has 0 fully saturated rings. The van der Waals surface area contributed by atoms with E-state index in [9.17, 15) is 4.79 Å². The Morgan fingerprint density at radius 3 is 3.00 bits per heavy atom. The van der Waals surface area contributed by atoms with Crippen LogP contribution in [0, 0.1) is 6.57 Å². The molecule has 0 saturated heterocycles. The van der Waals surface area contributed by atoms with Crippen LogP contribution in [0.5, 0.6) is 0 Å². The number of nitrogens with zero attached hydrogens (tertiary/aromatic N) is 1. The number of carbonyl (C=O) groups excluding carboxylic acids is 1. The minimum absolute atomic E-state index is 0.419. The molecule has 1 aromatic rings. The first-order valence-corrected chi connectivity index (χ1v) is 4.38. The molecule has 0 saturated carbocycles. The summed E-state index contributed by atoms with van der Waals surface area (Å²) in [5.74, 6) is -0.419. The van der Waals surface area contributed by atoms with E-state index < -0.39 is 12.2 Å². The summed E-state index contributed by atoms with van der Waals surface area (Å²) < 4.78 is 5.64. The Morgan fingerprint density at radius 1 is 1.54 bits per heavy atom. The van der Waals surface area contributed by atoms with Crippen LogP contribution < -0.4 is 0 Å². The molecule has 0 bridgehead atoms. The number of rotatable bonds is 0. The number of halogens is 1. The highest BCUT2D eigenvalue weighted by molar-refractivity contribution is 9.10. The van der Waals surface area contributed by atoms with Crippen LogP contribution in [0.2, 0.25) is 0 Å². The number of hydrogen-bond acceptors (Lipinski definition) is 2. The zero-order chi connectivity index (χ0) is 9.42. The summed E-state index contributed by atoms with van der Waals surface area (Å²) in [6, 6.07) is 5.19. The lowest BCUT2D eigenvalue weighted by atomic mass is 10.1. The highest BCUT2D eigenvalue weighted by Gasteiger charge is 2.35. The van der Waals surface area contributed by atoms with Crippen molar-refractivity contribution in [2.45, 2.75) is 6.23 Å². The molecule has 2 rings (SSSR count). The molecule has 1 unspecified atom stereocenters. The summed E-state index contributed by atoms with van der Waals surface area (Å²) >= 11 is 3.25. The van der Waals surface area contributed by atoms with Gasteiger partial charge in [0.05, 0.1) is 11.1 Å². The van der Waals surface area contributed by atoms with Gasteiger partial charge in [0.1, 0.15) is 0 Å². The van der Waals surface area contributed by atoms with Gasteiger partial charge in [-0.25, -0.2) is 11.4 Å². The first-order valence-electron chi connectivity index (χ1n) is 3.59. The Morgan fingerprint density at radius 2 is 2.31 bits per heavy atom. The molecule has 1 atom stereocenters. The normalized spacial score (nSPS) is 19.1. The molecule has 1 aliphatic heterocycles. The van der Waals surface area contributed by atoms with Gasteiger partial charge in [-0.15, -0.1) is 0 Å². The standard InChI is InChI=1S/C9H4BrNO2/c1-11-8-6-3-2-5(10)4-7(6)9(12)13-8/h2-4,8H. The number of benzene rings is 1. The Balaban J connectivity index is 2.60. The van der Waals surface area contributed by atoms with Gasteiger partial charge in [-0.2, -0.15) is 0 Å². The van der Waals surface area contributed by atoms with Gasteiger partial charge in [0.2, 0.25) is 0 Å². The van der Waals surface area contributed by atoms with Gasteiger partial charge < -0.3 is 4.74 Å². The highest BCUT2D eigenvalue weighted by Crippen LogP contribution is 2.32. The topological polar surface area (TPSA) is 30.7 Å². The summed E-state index contributed by atoms with van der Waals surface area (Å²) in [6.45, 7) is 6.81. The predicted octanol–water partition coefficient (Wildman–Crippen LogP) is 2.54. The third kappa shape index (κ3) is 1.21. The minimum atomic E-state index is -0.754. The summed E-state index contributed by atoms with van der Waals surface area (Å²) in [5.41, 5.74) is 1.14. The van der Waals surface area contributed by atoms with Crippen LogP contribution in [0.25, 0.3) is 4.85 Å². The van der Waals surface area contributed by atoms with Gasteiger partial charge in [0.25, 0.3) is 0 Å². The molecule has 0 amide bonds. The minimum Gasteiger partial charge on any atom is -0.384 e.